The average molecular weight is 461 g/mol. The fourth-order valence-electron chi connectivity index (χ4n) is 3.56. The van der Waals surface area contributed by atoms with E-state index in [4.69, 9.17) is 16.3 Å². The molecule has 1 N–H and O–H groups in total. The summed E-state index contributed by atoms with van der Waals surface area (Å²) < 4.78 is 5.14. The van der Waals surface area contributed by atoms with Crippen LogP contribution in [0.1, 0.15) is 31.8 Å². The highest BCUT2D eigenvalue weighted by molar-refractivity contribution is 6.36. The van der Waals surface area contributed by atoms with E-state index < -0.39 is 11.7 Å². The van der Waals surface area contributed by atoms with E-state index in [1.54, 1.807) is 50.6 Å². The third kappa shape index (κ3) is 4.66. The van der Waals surface area contributed by atoms with Crippen LogP contribution in [0, 0.1) is 0 Å². The Morgan fingerprint density at radius 3 is 2.39 bits per heavy atom. The number of hydrogen-bond donors (Lipinski definition) is 1. The number of nitrogens with zero attached hydrogens (tertiary/aromatic N) is 1. The Morgan fingerprint density at radius 2 is 1.73 bits per heavy atom. The van der Waals surface area contributed by atoms with Gasteiger partial charge in [0.2, 0.25) is 5.78 Å². The summed E-state index contributed by atoms with van der Waals surface area (Å²) in [7, 11) is 3.20. The second-order valence-electron chi connectivity index (χ2n) is 7.57. The Hall–Kier alpha value is -3.90. The zero-order chi connectivity index (χ0) is 23.5. The number of rotatable bonds is 5. The number of Topliss-reactive ketones (excluding diaryl/α,β-unsaturated/α-hetero) is 1. The maximum Gasteiger partial charge on any atom is 0.262 e. The molecule has 1 aliphatic rings. The predicted molar refractivity (Wildman–Crippen MR) is 128 cm³/mol. The number of hydrogen-bond acceptors (Lipinski definition) is 4. The number of benzene rings is 3. The van der Waals surface area contributed by atoms with Crippen LogP contribution in [0.5, 0.6) is 5.75 Å². The fraction of sp³-hybridized carbons (Fsp3) is 0.115. The van der Waals surface area contributed by atoms with Crippen molar-refractivity contribution in [2.24, 2.45) is 0 Å². The molecule has 6 nitrogen and oxygen atoms in total. The first-order valence-electron chi connectivity index (χ1n) is 10.2. The number of fused-ring (bicyclic) bond motifs is 1. The lowest BCUT2D eigenvalue weighted by Crippen LogP contribution is -2.37. The third-order valence-electron chi connectivity index (χ3n) is 5.44. The van der Waals surface area contributed by atoms with Crippen molar-refractivity contribution in [2.45, 2.75) is 6.54 Å². The molecule has 0 fully saturated rings. The monoisotopic (exact) mass is 460 g/mol. The van der Waals surface area contributed by atoms with Gasteiger partial charge in [0, 0.05) is 29.7 Å². The predicted octanol–water partition coefficient (Wildman–Crippen LogP) is 4.52. The van der Waals surface area contributed by atoms with Crippen molar-refractivity contribution < 1.29 is 19.1 Å². The van der Waals surface area contributed by atoms with Crippen molar-refractivity contribution in [3.05, 3.63) is 99.6 Å². The number of likely N-dealkylation sites (N-methyl/N-ethyl adjacent to an activating group) is 1. The van der Waals surface area contributed by atoms with E-state index in [9.17, 15) is 14.4 Å². The largest absolute Gasteiger partial charge is 0.497 e. The summed E-state index contributed by atoms with van der Waals surface area (Å²) in [5, 5.41) is 3.41. The number of amides is 2. The number of ether oxygens (including phenoxy) is 1. The van der Waals surface area contributed by atoms with Crippen LogP contribution in [0.4, 0.5) is 5.69 Å². The molecular weight excluding hydrogens is 440 g/mol. The molecule has 0 aromatic heterocycles. The molecule has 1 heterocycles. The highest BCUT2D eigenvalue weighted by Crippen LogP contribution is 2.31. The van der Waals surface area contributed by atoms with E-state index in [1.807, 2.05) is 24.3 Å². The maximum absolute atomic E-state index is 13.2. The second kappa shape index (κ2) is 9.30. The van der Waals surface area contributed by atoms with Crippen LogP contribution in [0.3, 0.4) is 0 Å². The molecule has 33 heavy (non-hydrogen) atoms. The topological polar surface area (TPSA) is 75.7 Å². The number of carbonyl (C=O) groups excluding carboxylic acids is 3. The van der Waals surface area contributed by atoms with Crippen LogP contribution in [-0.2, 0) is 11.3 Å². The van der Waals surface area contributed by atoms with Crippen LogP contribution in [0.25, 0.3) is 6.08 Å². The smallest absolute Gasteiger partial charge is 0.262 e. The summed E-state index contributed by atoms with van der Waals surface area (Å²) >= 11 is 5.92. The highest BCUT2D eigenvalue weighted by atomic mass is 35.5. The molecule has 0 bridgehead atoms. The molecule has 166 valence electrons. The van der Waals surface area contributed by atoms with Gasteiger partial charge in [-0.15, -0.1) is 0 Å². The summed E-state index contributed by atoms with van der Waals surface area (Å²) in [5.41, 5.74) is 2.73. The SMILES string of the molecule is COc1ccc(CNC(=O)c2ccc3c(c2)C(=O)/C(=C\c2ccc(Cl)cc2)C(=O)N3C)cc1. The lowest BCUT2D eigenvalue weighted by molar-refractivity contribution is -0.114. The molecule has 3 aromatic rings. The summed E-state index contributed by atoms with van der Waals surface area (Å²) in [5.74, 6) is -0.407. The van der Waals surface area contributed by atoms with Gasteiger partial charge in [-0.05, 0) is 59.7 Å². The Balaban J connectivity index is 1.58. The minimum Gasteiger partial charge on any atom is -0.497 e. The van der Waals surface area contributed by atoms with Crippen molar-refractivity contribution >= 4 is 41.0 Å². The van der Waals surface area contributed by atoms with Gasteiger partial charge in [0.1, 0.15) is 5.75 Å². The summed E-state index contributed by atoms with van der Waals surface area (Å²) in [4.78, 5) is 40.1. The number of nitrogens with one attached hydrogen (secondary N) is 1. The summed E-state index contributed by atoms with van der Waals surface area (Å²) in [6.07, 6.45) is 1.54. The van der Waals surface area contributed by atoms with Gasteiger partial charge in [0.15, 0.2) is 0 Å². The number of methoxy groups -OCH3 is 1. The van der Waals surface area contributed by atoms with Crippen molar-refractivity contribution in [1.29, 1.82) is 0 Å². The Labute approximate surface area is 196 Å². The van der Waals surface area contributed by atoms with Gasteiger partial charge >= 0.3 is 0 Å². The number of anilines is 1. The van der Waals surface area contributed by atoms with Crippen LogP contribution in [0.2, 0.25) is 5.02 Å². The maximum atomic E-state index is 13.2. The number of halogens is 1. The Kier molecular flexibility index (Phi) is 6.29. The zero-order valence-corrected chi connectivity index (χ0v) is 18.8. The Morgan fingerprint density at radius 1 is 1.03 bits per heavy atom. The molecule has 0 spiro atoms. The standard InChI is InChI=1S/C26H21ClN2O4/c1-29-23-12-7-18(25(31)28-15-17-5-10-20(33-2)11-6-17)14-21(23)24(30)22(26(29)32)13-16-3-8-19(27)9-4-16/h3-14H,15H2,1-2H3,(H,28,31)/b22-13+. The van der Waals surface area contributed by atoms with E-state index in [0.29, 0.717) is 33.9 Å². The van der Waals surface area contributed by atoms with Gasteiger partial charge < -0.3 is 15.0 Å². The molecular formula is C26H21ClN2O4. The minimum absolute atomic E-state index is 0.0307. The molecule has 0 atom stereocenters. The van der Waals surface area contributed by atoms with Crippen LogP contribution in [-0.4, -0.2) is 31.8 Å². The van der Waals surface area contributed by atoms with Gasteiger partial charge in [-0.1, -0.05) is 35.9 Å². The van der Waals surface area contributed by atoms with Crippen molar-refractivity contribution in [3.8, 4) is 5.75 Å². The van der Waals surface area contributed by atoms with Crippen LogP contribution >= 0.6 is 11.6 Å². The molecule has 4 rings (SSSR count). The lowest BCUT2D eigenvalue weighted by Gasteiger charge is -2.27. The second-order valence-corrected chi connectivity index (χ2v) is 8.00. The van der Waals surface area contributed by atoms with Crippen LogP contribution in [0.15, 0.2) is 72.3 Å². The van der Waals surface area contributed by atoms with Gasteiger partial charge in [0.25, 0.3) is 11.8 Å². The lowest BCUT2D eigenvalue weighted by atomic mass is 9.92. The first-order chi connectivity index (χ1) is 15.9. The van der Waals surface area contributed by atoms with Gasteiger partial charge in [-0.2, -0.15) is 0 Å². The van der Waals surface area contributed by atoms with Crippen molar-refractivity contribution in [1.82, 2.24) is 5.32 Å². The fourth-order valence-corrected chi connectivity index (χ4v) is 3.69. The molecule has 0 aliphatic carbocycles. The van der Waals surface area contributed by atoms with Crippen molar-refractivity contribution in [3.63, 3.8) is 0 Å². The number of carbonyl (C=O) groups is 3. The molecule has 0 saturated heterocycles. The first kappa shape index (κ1) is 22.3. The summed E-state index contributed by atoms with van der Waals surface area (Å²) in [6, 6.07) is 19.0. The molecule has 2 amide bonds. The van der Waals surface area contributed by atoms with E-state index in [1.165, 1.54) is 17.0 Å². The average Bonchev–Trinajstić information content (AvgIpc) is 2.85. The van der Waals surface area contributed by atoms with E-state index in [-0.39, 0.29) is 11.5 Å². The number of ketones is 1. The minimum atomic E-state index is -0.423. The zero-order valence-electron chi connectivity index (χ0n) is 18.1. The van der Waals surface area contributed by atoms with Crippen molar-refractivity contribution in [2.75, 3.05) is 19.1 Å². The summed E-state index contributed by atoms with van der Waals surface area (Å²) in [6.45, 7) is 0.327. The molecule has 7 heteroatoms. The highest BCUT2D eigenvalue weighted by Gasteiger charge is 2.33. The normalized spacial score (nSPS) is 14.3. The molecule has 3 aromatic carbocycles. The molecule has 0 unspecified atom stereocenters. The van der Waals surface area contributed by atoms with Gasteiger partial charge in [0.05, 0.1) is 18.4 Å². The quantitative estimate of drug-likeness (QED) is 0.448. The third-order valence-corrected chi connectivity index (χ3v) is 5.69. The van der Waals surface area contributed by atoms with E-state index in [2.05, 4.69) is 5.32 Å². The van der Waals surface area contributed by atoms with Gasteiger partial charge in [-0.25, -0.2) is 0 Å². The molecule has 1 aliphatic heterocycles. The first-order valence-corrected chi connectivity index (χ1v) is 10.6. The molecule has 0 radical (unpaired) electrons. The molecule has 0 saturated carbocycles. The Bertz CT molecular complexity index is 1260. The van der Waals surface area contributed by atoms with E-state index >= 15 is 0 Å². The van der Waals surface area contributed by atoms with E-state index in [0.717, 1.165) is 11.3 Å². The van der Waals surface area contributed by atoms with Crippen LogP contribution < -0.4 is 15.0 Å². The van der Waals surface area contributed by atoms with Gasteiger partial charge in [-0.3, -0.25) is 14.4 Å².